The monoisotopic (exact) mass is 379 g/mol. The fraction of sp³-hybridized carbons (Fsp3) is 0.227. The molecule has 0 saturated carbocycles. The number of ether oxygens (including phenoxy) is 1. The van der Waals surface area contributed by atoms with Gasteiger partial charge in [0.1, 0.15) is 5.58 Å². The maximum absolute atomic E-state index is 12.3. The van der Waals surface area contributed by atoms with E-state index in [1.807, 2.05) is 12.1 Å². The lowest BCUT2D eigenvalue weighted by molar-refractivity contribution is -0.123. The van der Waals surface area contributed by atoms with E-state index in [2.05, 4.69) is 19.2 Å². The number of anilines is 1. The van der Waals surface area contributed by atoms with Crippen LogP contribution in [0.15, 0.2) is 63.8 Å². The van der Waals surface area contributed by atoms with Gasteiger partial charge in [-0.3, -0.25) is 9.59 Å². The van der Waals surface area contributed by atoms with Crippen molar-refractivity contribution in [1.29, 1.82) is 0 Å². The van der Waals surface area contributed by atoms with Crippen molar-refractivity contribution in [3.63, 3.8) is 0 Å². The van der Waals surface area contributed by atoms with Gasteiger partial charge in [0.15, 0.2) is 11.5 Å². The summed E-state index contributed by atoms with van der Waals surface area (Å²) in [5, 5.41) is 3.07. The van der Waals surface area contributed by atoms with E-state index in [4.69, 9.17) is 9.15 Å². The van der Waals surface area contributed by atoms with Gasteiger partial charge in [-0.05, 0) is 42.7 Å². The normalized spacial score (nSPS) is 12.0. The number of fused-ring (bicyclic) bond motifs is 1. The zero-order valence-electron chi connectivity index (χ0n) is 15.9. The summed E-state index contributed by atoms with van der Waals surface area (Å²) in [5.41, 5.74) is 1.69. The molecule has 1 N–H and O–H groups in total. The molecule has 0 spiro atoms. The Morgan fingerprint density at radius 1 is 1.00 bits per heavy atom. The number of hydrogen-bond donors (Lipinski definition) is 1. The Morgan fingerprint density at radius 3 is 2.36 bits per heavy atom. The average molecular weight is 379 g/mol. The van der Waals surface area contributed by atoms with Crippen LogP contribution < -0.4 is 10.7 Å². The van der Waals surface area contributed by atoms with Crippen molar-refractivity contribution in [1.82, 2.24) is 0 Å². The standard InChI is InChI=1S/C22H21NO5/c1-13(2)15-8-10-16(11-9-15)23-21(25)14(3)27-22(26)20-12-18(24)17-6-4-5-7-19(17)28-20/h4-14H,1-3H3,(H,23,25)/t14-/m0/s1. The summed E-state index contributed by atoms with van der Waals surface area (Å²) in [6, 6.07) is 15.1. The SMILES string of the molecule is CC(C)c1ccc(NC(=O)[C@H](C)OC(=O)c2cc(=O)c3ccccc3o2)cc1. The van der Waals surface area contributed by atoms with E-state index in [1.165, 1.54) is 6.92 Å². The molecular weight excluding hydrogens is 358 g/mol. The minimum absolute atomic E-state index is 0.246. The first-order valence-corrected chi connectivity index (χ1v) is 9.00. The summed E-state index contributed by atoms with van der Waals surface area (Å²) in [6.45, 7) is 5.62. The number of amides is 1. The van der Waals surface area contributed by atoms with Gasteiger partial charge in [0, 0.05) is 11.8 Å². The summed E-state index contributed by atoms with van der Waals surface area (Å²) in [7, 11) is 0. The van der Waals surface area contributed by atoms with Gasteiger partial charge in [-0.15, -0.1) is 0 Å². The van der Waals surface area contributed by atoms with Crippen LogP contribution in [0, 0.1) is 0 Å². The molecule has 0 bridgehead atoms. The quantitative estimate of drug-likeness (QED) is 0.675. The van der Waals surface area contributed by atoms with Gasteiger partial charge in [-0.25, -0.2) is 4.79 Å². The molecule has 6 nitrogen and oxygen atoms in total. The molecular formula is C22H21NO5. The van der Waals surface area contributed by atoms with Crippen LogP contribution in [0.5, 0.6) is 0 Å². The van der Waals surface area contributed by atoms with E-state index in [-0.39, 0.29) is 16.8 Å². The van der Waals surface area contributed by atoms with Gasteiger partial charge in [-0.2, -0.15) is 0 Å². The number of hydrogen-bond acceptors (Lipinski definition) is 5. The second kappa shape index (κ2) is 8.08. The van der Waals surface area contributed by atoms with E-state index in [1.54, 1.807) is 36.4 Å². The van der Waals surface area contributed by atoms with Crippen molar-refractivity contribution in [2.45, 2.75) is 32.8 Å². The van der Waals surface area contributed by atoms with Crippen LogP contribution in [0.3, 0.4) is 0 Å². The predicted molar refractivity (Wildman–Crippen MR) is 107 cm³/mol. The number of para-hydroxylation sites is 1. The highest BCUT2D eigenvalue weighted by molar-refractivity contribution is 5.97. The van der Waals surface area contributed by atoms with Gasteiger partial charge < -0.3 is 14.5 Å². The molecule has 0 aliphatic carbocycles. The Kier molecular flexibility index (Phi) is 5.59. The molecule has 1 amide bonds. The van der Waals surface area contributed by atoms with Crippen LogP contribution in [-0.2, 0) is 9.53 Å². The molecule has 3 aromatic rings. The van der Waals surface area contributed by atoms with E-state index >= 15 is 0 Å². The Morgan fingerprint density at radius 2 is 1.68 bits per heavy atom. The van der Waals surface area contributed by atoms with Crippen molar-refractivity contribution in [2.75, 3.05) is 5.32 Å². The molecule has 3 rings (SSSR count). The number of esters is 1. The molecule has 1 atom stereocenters. The third-order valence-corrected chi connectivity index (χ3v) is 4.33. The first kappa shape index (κ1) is 19.4. The summed E-state index contributed by atoms with van der Waals surface area (Å²) in [5.74, 6) is -1.21. The van der Waals surface area contributed by atoms with Crippen molar-refractivity contribution in [2.24, 2.45) is 0 Å². The van der Waals surface area contributed by atoms with Gasteiger partial charge in [0.2, 0.25) is 5.76 Å². The summed E-state index contributed by atoms with van der Waals surface area (Å²) >= 11 is 0. The highest BCUT2D eigenvalue weighted by atomic mass is 16.6. The van der Waals surface area contributed by atoms with Crippen LogP contribution in [0.2, 0.25) is 0 Å². The van der Waals surface area contributed by atoms with Gasteiger partial charge in [-0.1, -0.05) is 38.1 Å². The van der Waals surface area contributed by atoms with E-state index in [9.17, 15) is 14.4 Å². The largest absolute Gasteiger partial charge is 0.449 e. The average Bonchev–Trinajstić information content (AvgIpc) is 2.68. The molecule has 0 fully saturated rings. The zero-order chi connectivity index (χ0) is 20.3. The summed E-state index contributed by atoms with van der Waals surface area (Å²) in [4.78, 5) is 36.7. The summed E-state index contributed by atoms with van der Waals surface area (Å²) < 4.78 is 10.6. The molecule has 1 heterocycles. The molecule has 0 saturated heterocycles. The molecule has 144 valence electrons. The van der Waals surface area contributed by atoms with Crippen molar-refractivity contribution >= 4 is 28.5 Å². The maximum atomic E-state index is 12.3. The Labute approximate surface area is 162 Å². The third kappa shape index (κ3) is 4.28. The van der Waals surface area contributed by atoms with Crippen LogP contribution in [0.4, 0.5) is 5.69 Å². The van der Waals surface area contributed by atoms with Crippen LogP contribution >= 0.6 is 0 Å². The fourth-order valence-electron chi connectivity index (χ4n) is 2.67. The topological polar surface area (TPSA) is 85.6 Å². The van der Waals surface area contributed by atoms with Crippen molar-refractivity contribution in [3.8, 4) is 0 Å². The number of rotatable bonds is 5. The van der Waals surface area contributed by atoms with Crippen molar-refractivity contribution < 1.29 is 18.7 Å². The Hall–Kier alpha value is -3.41. The molecule has 0 unspecified atom stereocenters. The molecule has 0 aliphatic rings. The van der Waals surface area contributed by atoms with Gasteiger partial charge in [0.25, 0.3) is 5.91 Å². The lowest BCUT2D eigenvalue weighted by Gasteiger charge is -2.14. The number of carbonyl (C=O) groups is 2. The molecule has 28 heavy (non-hydrogen) atoms. The van der Waals surface area contributed by atoms with E-state index < -0.39 is 18.0 Å². The van der Waals surface area contributed by atoms with E-state index in [0.717, 1.165) is 11.6 Å². The zero-order valence-corrected chi connectivity index (χ0v) is 15.9. The fourth-order valence-corrected chi connectivity index (χ4v) is 2.67. The smallest absolute Gasteiger partial charge is 0.375 e. The molecule has 6 heteroatoms. The first-order valence-electron chi connectivity index (χ1n) is 9.00. The van der Waals surface area contributed by atoms with Crippen LogP contribution in [0.1, 0.15) is 42.8 Å². The van der Waals surface area contributed by atoms with E-state index in [0.29, 0.717) is 17.0 Å². The second-order valence-electron chi connectivity index (χ2n) is 6.78. The number of carbonyl (C=O) groups excluding carboxylic acids is 2. The minimum Gasteiger partial charge on any atom is -0.449 e. The van der Waals surface area contributed by atoms with Gasteiger partial charge in [0.05, 0.1) is 5.39 Å². The van der Waals surface area contributed by atoms with Crippen LogP contribution in [-0.4, -0.2) is 18.0 Å². The highest BCUT2D eigenvalue weighted by Gasteiger charge is 2.21. The maximum Gasteiger partial charge on any atom is 0.375 e. The number of nitrogens with one attached hydrogen (secondary N) is 1. The molecule has 0 radical (unpaired) electrons. The van der Waals surface area contributed by atoms with Gasteiger partial charge >= 0.3 is 5.97 Å². The molecule has 2 aromatic carbocycles. The first-order chi connectivity index (χ1) is 13.3. The lowest BCUT2D eigenvalue weighted by atomic mass is 10.0. The Balaban J connectivity index is 1.68. The summed E-state index contributed by atoms with van der Waals surface area (Å²) in [6.07, 6.45) is -1.06. The molecule has 1 aromatic heterocycles. The number of benzene rings is 2. The highest BCUT2D eigenvalue weighted by Crippen LogP contribution is 2.18. The van der Waals surface area contributed by atoms with Crippen LogP contribution in [0.25, 0.3) is 11.0 Å². The lowest BCUT2D eigenvalue weighted by Crippen LogP contribution is -2.30. The molecule has 0 aliphatic heterocycles. The third-order valence-electron chi connectivity index (χ3n) is 4.33. The van der Waals surface area contributed by atoms with Crippen molar-refractivity contribution in [3.05, 3.63) is 76.1 Å². The minimum atomic E-state index is -1.06. The second-order valence-corrected chi connectivity index (χ2v) is 6.78. The predicted octanol–water partition coefficient (Wildman–Crippen LogP) is 4.10. The Bertz CT molecular complexity index is 1070.